The Morgan fingerprint density at radius 1 is 1.06 bits per heavy atom. The quantitative estimate of drug-likeness (QED) is 0.488. The molecule has 1 aromatic carbocycles. The van der Waals surface area contributed by atoms with Crippen molar-refractivity contribution < 1.29 is 9.59 Å². The highest BCUT2D eigenvalue weighted by Crippen LogP contribution is 2.20. The summed E-state index contributed by atoms with van der Waals surface area (Å²) in [5, 5.41) is 4.62. The van der Waals surface area contributed by atoms with E-state index in [1.54, 1.807) is 19.3 Å². The van der Waals surface area contributed by atoms with Gasteiger partial charge < -0.3 is 16.8 Å². The van der Waals surface area contributed by atoms with Crippen LogP contribution in [0, 0.1) is 0 Å². The van der Waals surface area contributed by atoms with Crippen LogP contribution in [0.25, 0.3) is 10.8 Å². The minimum absolute atomic E-state index is 0. The molecule has 3 aromatic rings. The summed E-state index contributed by atoms with van der Waals surface area (Å²) in [6.45, 7) is 1.69. The zero-order valence-electron chi connectivity index (χ0n) is 17.0. The monoisotopic (exact) mass is 421 g/mol. The summed E-state index contributed by atoms with van der Waals surface area (Å²) in [5.41, 5.74) is 13.8. The van der Waals surface area contributed by atoms with Gasteiger partial charge in [-0.05, 0) is 55.3 Å². The number of pyridine rings is 2. The number of benzene rings is 1. The minimum Gasteiger partial charge on any atom is -0.383 e. The van der Waals surface area contributed by atoms with E-state index < -0.39 is 12.1 Å². The van der Waals surface area contributed by atoms with Crippen LogP contribution in [-0.2, 0) is 22.4 Å². The predicted octanol–water partition coefficient (Wildman–Crippen LogP) is 2.81. The highest BCUT2D eigenvalue weighted by atomic mass is 16.2. The molecule has 0 saturated carbocycles. The average molecular weight is 422 g/mol. The molecule has 2 atom stereocenters. The van der Waals surface area contributed by atoms with Gasteiger partial charge in [0.15, 0.2) is 5.78 Å². The summed E-state index contributed by atoms with van der Waals surface area (Å²) >= 11 is 0. The third-order valence-electron chi connectivity index (χ3n) is 5.14. The Morgan fingerprint density at radius 3 is 2.61 bits per heavy atom. The van der Waals surface area contributed by atoms with E-state index in [4.69, 9.17) is 11.5 Å². The molecule has 1 amide bonds. The van der Waals surface area contributed by atoms with Crippen molar-refractivity contribution in [2.75, 3.05) is 5.73 Å². The van der Waals surface area contributed by atoms with E-state index in [2.05, 4.69) is 15.3 Å². The predicted molar refractivity (Wildman–Crippen MR) is 124 cm³/mol. The molecule has 3 rings (SSSR count). The van der Waals surface area contributed by atoms with E-state index in [-0.39, 0.29) is 19.1 Å². The first kappa shape index (κ1) is 24.0. The molecular formula is C24H31N5O2. The largest absolute Gasteiger partial charge is 0.383 e. The molecular weight excluding hydrogens is 390 g/mol. The third-order valence-corrected chi connectivity index (χ3v) is 5.14. The number of fused-ring (bicyclic) bond motifs is 1. The van der Waals surface area contributed by atoms with Gasteiger partial charge in [0.05, 0.1) is 12.1 Å². The number of carbonyl (C=O) groups excluding carboxylic acids is 2. The van der Waals surface area contributed by atoms with Crippen molar-refractivity contribution >= 4 is 28.3 Å². The van der Waals surface area contributed by atoms with Gasteiger partial charge in [0.2, 0.25) is 5.91 Å². The Morgan fingerprint density at radius 2 is 1.87 bits per heavy atom. The first-order valence-corrected chi connectivity index (χ1v) is 10.1. The molecule has 0 bridgehead atoms. The Balaban J connectivity index is 0.00000341. The Bertz CT molecular complexity index is 1020. The van der Waals surface area contributed by atoms with Crippen LogP contribution in [0.3, 0.4) is 0 Å². The highest BCUT2D eigenvalue weighted by Gasteiger charge is 2.20. The maximum absolute atomic E-state index is 12.5. The van der Waals surface area contributed by atoms with E-state index in [1.807, 2.05) is 42.5 Å². The maximum Gasteiger partial charge on any atom is 0.237 e. The van der Waals surface area contributed by atoms with Gasteiger partial charge in [0.25, 0.3) is 0 Å². The van der Waals surface area contributed by atoms with Crippen LogP contribution in [-0.4, -0.2) is 33.7 Å². The number of amides is 1. The third kappa shape index (κ3) is 6.58. The number of hydrogen-bond acceptors (Lipinski definition) is 6. The van der Waals surface area contributed by atoms with Crippen molar-refractivity contribution in [3.8, 4) is 0 Å². The molecule has 0 saturated heterocycles. The molecule has 2 aromatic heterocycles. The lowest BCUT2D eigenvalue weighted by atomic mass is 10.0. The van der Waals surface area contributed by atoms with Gasteiger partial charge in [0, 0.05) is 29.9 Å². The number of anilines is 1. The van der Waals surface area contributed by atoms with Crippen molar-refractivity contribution in [2.45, 2.75) is 52.1 Å². The molecule has 0 aliphatic rings. The fourth-order valence-corrected chi connectivity index (χ4v) is 3.27. The molecule has 0 unspecified atom stereocenters. The number of aryl methyl sites for hydroxylation is 2. The normalized spacial score (nSPS) is 12.6. The number of Topliss-reactive ketones (excluding diaryl/α,β-unsaturated/α-hetero) is 1. The van der Waals surface area contributed by atoms with Crippen LogP contribution < -0.4 is 16.8 Å². The molecule has 7 nitrogen and oxygen atoms in total. The summed E-state index contributed by atoms with van der Waals surface area (Å²) in [5.74, 6) is 0.140. The smallest absolute Gasteiger partial charge is 0.237 e. The number of rotatable bonds is 9. The van der Waals surface area contributed by atoms with Crippen LogP contribution in [0.4, 0.5) is 5.82 Å². The lowest BCUT2D eigenvalue weighted by Gasteiger charge is -2.17. The van der Waals surface area contributed by atoms with Crippen molar-refractivity contribution in [3.63, 3.8) is 0 Å². The number of hydrogen-bond donors (Lipinski definition) is 3. The molecule has 164 valence electrons. The fraction of sp³-hybridized carbons (Fsp3) is 0.333. The lowest BCUT2D eigenvalue weighted by molar-refractivity contribution is -0.128. The van der Waals surface area contributed by atoms with E-state index >= 15 is 0 Å². The molecule has 2 heterocycles. The van der Waals surface area contributed by atoms with Gasteiger partial charge in [-0.1, -0.05) is 31.7 Å². The van der Waals surface area contributed by atoms with E-state index in [9.17, 15) is 9.59 Å². The van der Waals surface area contributed by atoms with E-state index in [0.717, 1.165) is 22.0 Å². The number of carbonyl (C=O) groups is 2. The molecule has 7 heteroatoms. The number of nitrogens with two attached hydrogens (primary N) is 2. The summed E-state index contributed by atoms with van der Waals surface area (Å²) in [6, 6.07) is 12.1. The summed E-state index contributed by atoms with van der Waals surface area (Å²) in [4.78, 5) is 33.1. The standard InChI is InChI=1S/C23H27N5O2.CH4/c1-15(28-23(30)20(24)9-7-18-4-2-3-12-26-18)21(29)10-6-16-5-8-19-17(14-16)11-13-27-22(19)25;/h2-5,8,11-15,20H,6-7,9-10,24H2,1H3,(H2,25,27)(H,28,30);1H4/t15-,20+;/m0./s1. The molecule has 0 aliphatic heterocycles. The van der Waals surface area contributed by atoms with Crippen LogP contribution >= 0.6 is 0 Å². The van der Waals surface area contributed by atoms with Gasteiger partial charge in [-0.15, -0.1) is 0 Å². The van der Waals surface area contributed by atoms with Gasteiger partial charge in [-0.25, -0.2) is 4.98 Å². The molecule has 0 radical (unpaired) electrons. The highest BCUT2D eigenvalue weighted by molar-refractivity contribution is 5.92. The van der Waals surface area contributed by atoms with E-state index in [1.165, 1.54) is 0 Å². The fourth-order valence-electron chi connectivity index (χ4n) is 3.27. The minimum atomic E-state index is -0.679. The van der Waals surface area contributed by atoms with Crippen LogP contribution in [0.1, 0.15) is 38.4 Å². The second-order valence-corrected chi connectivity index (χ2v) is 7.41. The van der Waals surface area contributed by atoms with Gasteiger partial charge >= 0.3 is 0 Å². The van der Waals surface area contributed by atoms with Gasteiger partial charge in [0.1, 0.15) is 5.82 Å². The Hall–Kier alpha value is -3.32. The first-order chi connectivity index (χ1) is 14.4. The Kier molecular flexibility index (Phi) is 8.63. The maximum atomic E-state index is 12.5. The topological polar surface area (TPSA) is 124 Å². The second-order valence-electron chi connectivity index (χ2n) is 7.41. The summed E-state index contributed by atoms with van der Waals surface area (Å²) in [7, 11) is 0. The number of aromatic nitrogens is 2. The van der Waals surface area contributed by atoms with Crippen LogP contribution in [0.2, 0.25) is 0 Å². The number of nitrogen functional groups attached to an aromatic ring is 1. The number of ketones is 1. The summed E-state index contributed by atoms with van der Waals surface area (Å²) < 4.78 is 0. The molecule has 0 spiro atoms. The molecule has 5 N–H and O–H groups in total. The van der Waals surface area contributed by atoms with Gasteiger partial charge in [-0.3, -0.25) is 14.6 Å². The lowest BCUT2D eigenvalue weighted by Crippen LogP contribution is -2.47. The van der Waals surface area contributed by atoms with E-state index in [0.29, 0.717) is 31.5 Å². The SMILES string of the molecule is C.C[C@H](NC(=O)[C@H](N)CCc1ccccn1)C(=O)CCc1ccc2c(N)nccc2c1. The van der Waals surface area contributed by atoms with Crippen molar-refractivity contribution in [1.29, 1.82) is 0 Å². The average Bonchev–Trinajstić information content (AvgIpc) is 2.76. The summed E-state index contributed by atoms with van der Waals surface area (Å²) in [6.07, 6.45) is 5.38. The molecule has 0 aliphatic carbocycles. The zero-order chi connectivity index (χ0) is 21.5. The van der Waals surface area contributed by atoms with Crippen LogP contribution in [0.15, 0.2) is 54.9 Å². The number of nitrogens with one attached hydrogen (secondary N) is 1. The van der Waals surface area contributed by atoms with Crippen molar-refractivity contribution in [3.05, 3.63) is 66.1 Å². The molecule has 31 heavy (non-hydrogen) atoms. The van der Waals surface area contributed by atoms with Crippen molar-refractivity contribution in [1.82, 2.24) is 15.3 Å². The van der Waals surface area contributed by atoms with Crippen LogP contribution in [0.5, 0.6) is 0 Å². The van der Waals surface area contributed by atoms with Crippen molar-refractivity contribution in [2.24, 2.45) is 5.73 Å². The first-order valence-electron chi connectivity index (χ1n) is 10.1. The second kappa shape index (κ2) is 11.2. The van der Waals surface area contributed by atoms with Gasteiger partial charge in [-0.2, -0.15) is 0 Å². The zero-order valence-corrected chi connectivity index (χ0v) is 17.0. The number of nitrogens with zero attached hydrogens (tertiary/aromatic N) is 2. The Labute approximate surface area is 183 Å². The molecule has 0 fully saturated rings.